The molecule has 2 atom stereocenters. The number of carbonyl (C=O) groups excluding carboxylic acids is 1. The fraction of sp³-hybridized carbons (Fsp3) is 0.682. The predicted octanol–water partition coefficient (Wildman–Crippen LogP) is 4.54. The summed E-state index contributed by atoms with van der Waals surface area (Å²) in [6.45, 7) is 12.2. The zero-order valence-corrected chi connectivity index (χ0v) is 18.9. The highest BCUT2D eigenvalue weighted by molar-refractivity contribution is 7.89. The van der Waals surface area contributed by atoms with E-state index in [-0.39, 0.29) is 17.9 Å². The summed E-state index contributed by atoms with van der Waals surface area (Å²) in [6, 6.07) is 6.94. The van der Waals surface area contributed by atoms with Crippen LogP contribution in [0.4, 0.5) is 0 Å². The summed E-state index contributed by atoms with van der Waals surface area (Å²) in [5.41, 5.74) is 0.540. The molecular formula is C22H35NO4S. The van der Waals surface area contributed by atoms with Crippen molar-refractivity contribution in [1.82, 2.24) is 4.31 Å². The first kappa shape index (κ1) is 22.9. The first-order chi connectivity index (χ1) is 12.9. The number of esters is 1. The van der Waals surface area contributed by atoms with Crippen molar-refractivity contribution in [3.8, 4) is 0 Å². The molecule has 1 aromatic rings. The molecule has 1 aromatic carbocycles. The molecule has 0 bridgehead atoms. The molecule has 2 rings (SSSR count). The van der Waals surface area contributed by atoms with Gasteiger partial charge in [0.2, 0.25) is 10.0 Å². The lowest BCUT2D eigenvalue weighted by atomic mass is 9.86. The number of aryl methyl sites for hydroxylation is 1. The quantitative estimate of drug-likeness (QED) is 0.647. The number of carbonyl (C=O) groups is 1. The van der Waals surface area contributed by atoms with Crippen LogP contribution in [-0.2, 0) is 19.6 Å². The second-order valence-corrected chi connectivity index (χ2v) is 11.3. The van der Waals surface area contributed by atoms with E-state index in [4.69, 9.17) is 4.74 Å². The monoisotopic (exact) mass is 409 g/mol. The Balaban J connectivity index is 2.16. The molecule has 158 valence electrons. The van der Waals surface area contributed by atoms with Gasteiger partial charge in [-0.2, -0.15) is 4.31 Å². The van der Waals surface area contributed by atoms with Gasteiger partial charge >= 0.3 is 5.97 Å². The van der Waals surface area contributed by atoms with E-state index in [2.05, 4.69) is 13.8 Å². The minimum Gasteiger partial charge on any atom is -0.460 e. The zero-order valence-electron chi connectivity index (χ0n) is 18.1. The average Bonchev–Trinajstić information content (AvgIpc) is 2.52. The Kier molecular flexibility index (Phi) is 7.32. The first-order valence-corrected chi connectivity index (χ1v) is 11.6. The van der Waals surface area contributed by atoms with E-state index in [9.17, 15) is 13.2 Å². The Morgan fingerprint density at radius 1 is 1.21 bits per heavy atom. The molecule has 5 nitrogen and oxygen atoms in total. The van der Waals surface area contributed by atoms with Crippen LogP contribution in [0.3, 0.4) is 0 Å². The number of hydrogen-bond acceptors (Lipinski definition) is 4. The molecule has 0 amide bonds. The molecule has 1 saturated heterocycles. The molecule has 0 spiro atoms. The summed E-state index contributed by atoms with van der Waals surface area (Å²) in [5, 5.41) is 0. The highest BCUT2D eigenvalue weighted by atomic mass is 32.2. The molecule has 0 unspecified atom stereocenters. The number of rotatable bonds is 6. The number of piperidine rings is 1. The molecular weight excluding hydrogens is 374 g/mol. The largest absolute Gasteiger partial charge is 0.460 e. The third-order valence-electron chi connectivity index (χ3n) is 5.02. The van der Waals surface area contributed by atoms with Crippen LogP contribution < -0.4 is 0 Å². The van der Waals surface area contributed by atoms with Gasteiger partial charge in [0.1, 0.15) is 5.60 Å². The number of hydrogen-bond donors (Lipinski definition) is 0. The van der Waals surface area contributed by atoms with Crippen LogP contribution in [0.25, 0.3) is 0 Å². The Morgan fingerprint density at radius 2 is 1.82 bits per heavy atom. The predicted molar refractivity (Wildman–Crippen MR) is 111 cm³/mol. The summed E-state index contributed by atoms with van der Waals surface area (Å²) < 4.78 is 33.6. The van der Waals surface area contributed by atoms with Crippen molar-refractivity contribution < 1.29 is 17.9 Å². The zero-order chi connectivity index (χ0) is 21.1. The molecule has 0 radical (unpaired) electrons. The maximum absolute atomic E-state index is 13.2. The first-order valence-electron chi connectivity index (χ1n) is 10.2. The third kappa shape index (κ3) is 6.31. The highest BCUT2D eigenvalue weighted by Crippen LogP contribution is 2.33. The molecule has 0 saturated carbocycles. The number of nitrogens with zero attached hydrogens (tertiary/aromatic N) is 1. The van der Waals surface area contributed by atoms with Crippen molar-refractivity contribution in [3.63, 3.8) is 0 Å². The van der Waals surface area contributed by atoms with Crippen molar-refractivity contribution >= 4 is 16.0 Å². The van der Waals surface area contributed by atoms with Crippen molar-refractivity contribution in [2.24, 2.45) is 11.8 Å². The highest BCUT2D eigenvalue weighted by Gasteiger charge is 2.38. The number of benzene rings is 1. The Labute approximate surface area is 170 Å². The van der Waals surface area contributed by atoms with Crippen LogP contribution >= 0.6 is 0 Å². The van der Waals surface area contributed by atoms with Gasteiger partial charge in [0.25, 0.3) is 0 Å². The van der Waals surface area contributed by atoms with Crippen molar-refractivity contribution in [3.05, 3.63) is 29.8 Å². The Hall–Kier alpha value is -1.40. The van der Waals surface area contributed by atoms with E-state index in [1.165, 1.54) is 0 Å². The van der Waals surface area contributed by atoms with Gasteiger partial charge in [-0.05, 0) is 70.9 Å². The van der Waals surface area contributed by atoms with Crippen molar-refractivity contribution in [1.29, 1.82) is 0 Å². The molecule has 1 aliphatic rings. The Bertz CT molecular complexity index is 763. The van der Waals surface area contributed by atoms with E-state index in [0.717, 1.165) is 12.0 Å². The van der Waals surface area contributed by atoms with Gasteiger partial charge in [0, 0.05) is 19.0 Å². The van der Waals surface area contributed by atoms with Crippen molar-refractivity contribution in [2.45, 2.75) is 83.8 Å². The minimum atomic E-state index is -3.54. The van der Waals surface area contributed by atoms with Crippen LogP contribution in [0, 0.1) is 18.8 Å². The maximum Gasteiger partial charge on any atom is 0.306 e. The number of ether oxygens (including phenoxy) is 1. The van der Waals surface area contributed by atoms with E-state index in [0.29, 0.717) is 36.6 Å². The van der Waals surface area contributed by atoms with Gasteiger partial charge < -0.3 is 4.74 Å². The summed E-state index contributed by atoms with van der Waals surface area (Å²) in [4.78, 5) is 12.6. The molecule has 28 heavy (non-hydrogen) atoms. The van der Waals surface area contributed by atoms with Gasteiger partial charge in [0.15, 0.2) is 0 Å². The molecule has 6 heteroatoms. The smallest absolute Gasteiger partial charge is 0.306 e. The third-order valence-corrected chi connectivity index (χ3v) is 6.98. The maximum atomic E-state index is 13.2. The van der Waals surface area contributed by atoms with Crippen LogP contribution in [0.1, 0.15) is 65.9 Å². The van der Waals surface area contributed by atoms with Crippen molar-refractivity contribution in [2.75, 3.05) is 6.54 Å². The van der Waals surface area contributed by atoms with Gasteiger partial charge in [0.05, 0.1) is 4.90 Å². The summed E-state index contributed by atoms with van der Waals surface area (Å²) in [6.07, 6.45) is 2.52. The number of sulfonamides is 1. The average molecular weight is 410 g/mol. The minimum absolute atomic E-state index is 0.0903. The molecule has 1 aliphatic heterocycles. The molecule has 1 heterocycles. The fourth-order valence-electron chi connectivity index (χ4n) is 3.84. The van der Waals surface area contributed by atoms with Gasteiger partial charge in [-0.1, -0.05) is 31.5 Å². The summed E-state index contributed by atoms with van der Waals surface area (Å²) in [5.74, 6) is 0.333. The van der Waals surface area contributed by atoms with E-state index >= 15 is 0 Å². The van der Waals surface area contributed by atoms with E-state index in [1.807, 2.05) is 39.8 Å². The van der Waals surface area contributed by atoms with Crippen LogP contribution in [0.2, 0.25) is 0 Å². The SMILES string of the molecule is Cc1ccc(S(=O)(=O)N2CC[C@@H](CC(=O)OC(C)(C)C)C[C@@H]2CC(C)C)cc1. The Morgan fingerprint density at radius 3 is 2.36 bits per heavy atom. The standard InChI is InChI=1S/C22H35NO4S/c1-16(2)13-19-14-18(15-21(24)27-22(4,5)6)11-12-23(19)28(25,26)20-9-7-17(3)8-10-20/h7-10,16,18-19H,11-15H2,1-6H3/t18-,19+/m1/s1. The lowest BCUT2D eigenvalue weighted by molar-refractivity contribution is -0.156. The lowest BCUT2D eigenvalue weighted by Gasteiger charge is -2.39. The molecule has 0 N–H and O–H groups in total. The van der Waals surface area contributed by atoms with Crippen LogP contribution in [0.5, 0.6) is 0 Å². The summed E-state index contributed by atoms with van der Waals surface area (Å²) >= 11 is 0. The van der Waals surface area contributed by atoms with Crippen LogP contribution in [-0.4, -0.2) is 36.9 Å². The fourth-order valence-corrected chi connectivity index (χ4v) is 5.50. The summed E-state index contributed by atoms with van der Waals surface area (Å²) in [7, 11) is -3.54. The lowest BCUT2D eigenvalue weighted by Crippen LogP contribution is -2.47. The van der Waals surface area contributed by atoms with Gasteiger partial charge in [-0.3, -0.25) is 4.79 Å². The van der Waals surface area contributed by atoms with E-state index in [1.54, 1.807) is 16.4 Å². The molecule has 0 aliphatic carbocycles. The van der Waals surface area contributed by atoms with E-state index < -0.39 is 15.6 Å². The van der Waals surface area contributed by atoms with Gasteiger partial charge in [-0.25, -0.2) is 8.42 Å². The van der Waals surface area contributed by atoms with Gasteiger partial charge in [-0.15, -0.1) is 0 Å². The molecule has 1 fully saturated rings. The van der Waals surface area contributed by atoms with Crippen LogP contribution in [0.15, 0.2) is 29.2 Å². The molecule has 0 aromatic heterocycles. The normalized spacial score (nSPS) is 21.7. The second-order valence-electron chi connectivity index (χ2n) is 9.39. The second kappa shape index (κ2) is 8.95. The topological polar surface area (TPSA) is 63.7 Å².